The lowest BCUT2D eigenvalue weighted by Crippen LogP contribution is -2.36. The van der Waals surface area contributed by atoms with Crippen molar-refractivity contribution in [3.63, 3.8) is 0 Å². The number of para-hydroxylation sites is 1. The standard InChI is InChI=1S/C16H28N2O/c1-13(11-17-3)12-18(4)14(2)10-15-8-6-7-9-16(15)19-5/h6-9,13-14,17H,10-12H2,1-5H3. The van der Waals surface area contributed by atoms with Crippen molar-refractivity contribution in [3.05, 3.63) is 29.8 Å². The Hall–Kier alpha value is -1.06. The fourth-order valence-corrected chi connectivity index (χ4v) is 2.43. The third-order valence-electron chi connectivity index (χ3n) is 3.61. The summed E-state index contributed by atoms with van der Waals surface area (Å²) in [6, 6.07) is 8.79. The van der Waals surface area contributed by atoms with Gasteiger partial charge < -0.3 is 15.0 Å². The Kier molecular flexibility index (Phi) is 6.89. The third kappa shape index (κ3) is 5.21. The van der Waals surface area contributed by atoms with Crippen LogP contribution in [0, 0.1) is 5.92 Å². The van der Waals surface area contributed by atoms with Crippen LogP contribution in [0.1, 0.15) is 19.4 Å². The second kappa shape index (κ2) is 8.18. The summed E-state index contributed by atoms with van der Waals surface area (Å²) in [6.07, 6.45) is 1.02. The lowest BCUT2D eigenvalue weighted by molar-refractivity contribution is 0.221. The van der Waals surface area contributed by atoms with Gasteiger partial charge in [0.1, 0.15) is 5.75 Å². The van der Waals surface area contributed by atoms with E-state index in [1.807, 2.05) is 19.2 Å². The molecule has 0 radical (unpaired) electrons. The number of rotatable bonds is 8. The molecule has 1 aromatic carbocycles. The highest BCUT2D eigenvalue weighted by molar-refractivity contribution is 5.33. The topological polar surface area (TPSA) is 24.5 Å². The first kappa shape index (κ1) is 16.0. The van der Waals surface area contributed by atoms with Crippen molar-refractivity contribution in [3.8, 4) is 5.75 Å². The van der Waals surface area contributed by atoms with Crippen LogP contribution in [0.3, 0.4) is 0 Å². The van der Waals surface area contributed by atoms with Gasteiger partial charge in [0.15, 0.2) is 0 Å². The second-order valence-corrected chi connectivity index (χ2v) is 5.47. The predicted octanol–water partition coefficient (Wildman–Crippen LogP) is 2.41. The minimum atomic E-state index is 0.510. The van der Waals surface area contributed by atoms with Crippen LogP contribution < -0.4 is 10.1 Å². The van der Waals surface area contributed by atoms with E-state index in [0.29, 0.717) is 12.0 Å². The minimum absolute atomic E-state index is 0.510. The van der Waals surface area contributed by atoms with Gasteiger partial charge in [0, 0.05) is 12.6 Å². The highest BCUT2D eigenvalue weighted by Crippen LogP contribution is 2.20. The first-order valence-electron chi connectivity index (χ1n) is 7.05. The van der Waals surface area contributed by atoms with Gasteiger partial charge in [-0.2, -0.15) is 0 Å². The molecule has 2 atom stereocenters. The summed E-state index contributed by atoms with van der Waals surface area (Å²) >= 11 is 0. The summed E-state index contributed by atoms with van der Waals surface area (Å²) in [5, 5.41) is 3.23. The zero-order valence-electron chi connectivity index (χ0n) is 12.9. The number of hydrogen-bond donors (Lipinski definition) is 1. The van der Waals surface area contributed by atoms with Crippen molar-refractivity contribution >= 4 is 0 Å². The van der Waals surface area contributed by atoms with Crippen LogP contribution >= 0.6 is 0 Å². The highest BCUT2D eigenvalue weighted by atomic mass is 16.5. The number of benzene rings is 1. The quantitative estimate of drug-likeness (QED) is 0.780. The number of hydrogen-bond acceptors (Lipinski definition) is 3. The van der Waals surface area contributed by atoms with E-state index >= 15 is 0 Å². The molecule has 0 aliphatic heterocycles. The Labute approximate surface area is 118 Å². The van der Waals surface area contributed by atoms with Crippen LogP contribution in [-0.4, -0.2) is 45.2 Å². The largest absolute Gasteiger partial charge is 0.496 e. The molecule has 0 saturated carbocycles. The fraction of sp³-hybridized carbons (Fsp3) is 0.625. The summed E-state index contributed by atoms with van der Waals surface area (Å²) in [4.78, 5) is 2.43. The van der Waals surface area contributed by atoms with Gasteiger partial charge in [-0.15, -0.1) is 0 Å². The Morgan fingerprint density at radius 1 is 1.26 bits per heavy atom. The maximum atomic E-state index is 5.42. The molecule has 0 aromatic heterocycles. The molecule has 0 heterocycles. The van der Waals surface area contributed by atoms with E-state index in [1.54, 1.807) is 7.11 Å². The molecule has 0 saturated heterocycles. The van der Waals surface area contributed by atoms with Gasteiger partial charge in [0.05, 0.1) is 7.11 Å². The van der Waals surface area contributed by atoms with Crippen LogP contribution in [0.25, 0.3) is 0 Å². The maximum absolute atomic E-state index is 5.42. The Morgan fingerprint density at radius 2 is 1.95 bits per heavy atom. The van der Waals surface area contributed by atoms with E-state index in [0.717, 1.165) is 25.3 Å². The van der Waals surface area contributed by atoms with Crippen LogP contribution in [0.2, 0.25) is 0 Å². The molecule has 1 N–H and O–H groups in total. The third-order valence-corrected chi connectivity index (χ3v) is 3.61. The van der Waals surface area contributed by atoms with Gasteiger partial charge in [-0.25, -0.2) is 0 Å². The summed E-state index contributed by atoms with van der Waals surface area (Å²) in [5.41, 5.74) is 1.28. The van der Waals surface area contributed by atoms with E-state index in [4.69, 9.17) is 4.74 Å². The van der Waals surface area contributed by atoms with Crippen molar-refractivity contribution in [1.29, 1.82) is 0 Å². The molecule has 0 aliphatic carbocycles. The Balaban J connectivity index is 2.55. The number of nitrogens with one attached hydrogen (secondary N) is 1. The van der Waals surface area contributed by atoms with Crippen LogP contribution in [0.5, 0.6) is 5.75 Å². The second-order valence-electron chi connectivity index (χ2n) is 5.47. The first-order chi connectivity index (χ1) is 9.08. The number of ether oxygens (including phenoxy) is 1. The minimum Gasteiger partial charge on any atom is -0.496 e. The summed E-state index contributed by atoms with van der Waals surface area (Å²) in [7, 11) is 5.95. The van der Waals surface area contributed by atoms with Gasteiger partial charge >= 0.3 is 0 Å². The fourth-order valence-electron chi connectivity index (χ4n) is 2.43. The highest BCUT2D eigenvalue weighted by Gasteiger charge is 2.14. The molecule has 0 fully saturated rings. The summed E-state index contributed by atoms with van der Waals surface area (Å²) < 4.78 is 5.42. The van der Waals surface area contributed by atoms with Gasteiger partial charge in [-0.05, 0) is 51.5 Å². The van der Waals surface area contributed by atoms with E-state index in [1.165, 1.54) is 5.56 Å². The molecule has 3 nitrogen and oxygen atoms in total. The Morgan fingerprint density at radius 3 is 2.58 bits per heavy atom. The molecule has 2 unspecified atom stereocenters. The molecule has 0 aliphatic rings. The smallest absolute Gasteiger partial charge is 0.122 e. The van der Waals surface area contributed by atoms with Crippen molar-refractivity contribution in [2.45, 2.75) is 26.3 Å². The zero-order valence-corrected chi connectivity index (χ0v) is 12.9. The lowest BCUT2D eigenvalue weighted by atomic mass is 10.0. The summed E-state index contributed by atoms with van der Waals surface area (Å²) in [5.74, 6) is 1.65. The SMILES string of the molecule is CNCC(C)CN(C)C(C)Cc1ccccc1OC. The van der Waals surface area contributed by atoms with Gasteiger partial charge in [0.25, 0.3) is 0 Å². The van der Waals surface area contributed by atoms with Gasteiger partial charge in [-0.1, -0.05) is 25.1 Å². The lowest BCUT2D eigenvalue weighted by Gasteiger charge is -2.28. The van der Waals surface area contributed by atoms with E-state index < -0.39 is 0 Å². The predicted molar refractivity (Wildman–Crippen MR) is 81.9 cm³/mol. The molecular weight excluding hydrogens is 236 g/mol. The van der Waals surface area contributed by atoms with Crippen molar-refractivity contribution < 1.29 is 4.74 Å². The molecule has 1 rings (SSSR count). The summed E-state index contributed by atoms with van der Waals surface area (Å²) in [6.45, 7) is 6.73. The van der Waals surface area contributed by atoms with Crippen LogP contribution in [-0.2, 0) is 6.42 Å². The molecular formula is C16H28N2O. The van der Waals surface area contributed by atoms with E-state index in [-0.39, 0.29) is 0 Å². The number of likely N-dealkylation sites (N-methyl/N-ethyl adjacent to an activating group) is 1. The van der Waals surface area contributed by atoms with Crippen LogP contribution in [0.4, 0.5) is 0 Å². The molecule has 0 amide bonds. The van der Waals surface area contributed by atoms with E-state index in [9.17, 15) is 0 Å². The maximum Gasteiger partial charge on any atom is 0.122 e. The van der Waals surface area contributed by atoms with Crippen molar-refractivity contribution in [2.75, 3.05) is 34.3 Å². The monoisotopic (exact) mass is 264 g/mol. The molecule has 3 heteroatoms. The average Bonchev–Trinajstić information content (AvgIpc) is 2.39. The number of nitrogens with zero attached hydrogens (tertiary/aromatic N) is 1. The average molecular weight is 264 g/mol. The van der Waals surface area contributed by atoms with Crippen molar-refractivity contribution in [1.82, 2.24) is 10.2 Å². The molecule has 0 bridgehead atoms. The van der Waals surface area contributed by atoms with E-state index in [2.05, 4.69) is 43.2 Å². The zero-order chi connectivity index (χ0) is 14.3. The number of methoxy groups -OCH3 is 1. The Bertz CT molecular complexity index is 368. The molecule has 1 aromatic rings. The molecule has 0 spiro atoms. The van der Waals surface area contributed by atoms with Gasteiger partial charge in [0.2, 0.25) is 0 Å². The van der Waals surface area contributed by atoms with Crippen molar-refractivity contribution in [2.24, 2.45) is 5.92 Å². The first-order valence-corrected chi connectivity index (χ1v) is 7.05. The van der Waals surface area contributed by atoms with Crippen LogP contribution in [0.15, 0.2) is 24.3 Å². The molecule has 108 valence electrons. The molecule has 19 heavy (non-hydrogen) atoms. The normalized spacial score (nSPS) is 14.4. The van der Waals surface area contributed by atoms with Gasteiger partial charge in [-0.3, -0.25) is 0 Å².